The van der Waals surface area contributed by atoms with E-state index in [0.29, 0.717) is 25.7 Å². The summed E-state index contributed by atoms with van der Waals surface area (Å²) in [4.78, 5) is 10.5. The number of unbranched alkanes of at least 4 members (excludes halogenated alkanes) is 1. The number of carbonyl (C=O) groups is 1. The van der Waals surface area contributed by atoms with Gasteiger partial charge in [0.05, 0.1) is 12.7 Å². The van der Waals surface area contributed by atoms with Gasteiger partial charge in [-0.2, -0.15) is 0 Å². The highest BCUT2D eigenvalue weighted by atomic mass is 16.6. The van der Waals surface area contributed by atoms with Crippen LogP contribution in [-0.2, 0) is 9.53 Å². The van der Waals surface area contributed by atoms with Crippen molar-refractivity contribution < 1.29 is 30.0 Å². The summed E-state index contributed by atoms with van der Waals surface area (Å²) in [7, 11) is 0. The zero-order chi connectivity index (χ0) is 13.7. The van der Waals surface area contributed by atoms with Gasteiger partial charge in [0.2, 0.25) is 0 Å². The number of hydrogen-bond acceptors (Lipinski definition) is 6. The molecule has 1 fully saturated rings. The van der Waals surface area contributed by atoms with E-state index in [2.05, 4.69) is 0 Å². The van der Waals surface area contributed by atoms with Crippen molar-refractivity contribution in [1.29, 1.82) is 0 Å². The van der Waals surface area contributed by atoms with Crippen LogP contribution in [0.5, 0.6) is 0 Å². The third-order valence-corrected chi connectivity index (χ3v) is 3.21. The van der Waals surface area contributed by atoms with E-state index in [1.807, 2.05) is 0 Å². The van der Waals surface area contributed by atoms with Crippen molar-refractivity contribution in [2.45, 2.75) is 56.1 Å². The van der Waals surface area contributed by atoms with Crippen molar-refractivity contribution in [3.63, 3.8) is 0 Å². The van der Waals surface area contributed by atoms with E-state index in [1.54, 1.807) is 0 Å². The van der Waals surface area contributed by atoms with Crippen LogP contribution in [0.2, 0.25) is 0 Å². The van der Waals surface area contributed by atoms with Crippen LogP contribution in [-0.4, -0.2) is 63.5 Å². The van der Waals surface area contributed by atoms with E-state index < -0.39 is 36.4 Å². The van der Waals surface area contributed by atoms with Gasteiger partial charge >= 0.3 is 5.97 Å². The Labute approximate surface area is 105 Å². The van der Waals surface area contributed by atoms with Crippen molar-refractivity contribution >= 4 is 5.97 Å². The molecule has 0 aromatic heterocycles. The minimum Gasteiger partial charge on any atom is -0.480 e. The lowest BCUT2D eigenvalue weighted by atomic mass is 10.0. The smallest absolute Gasteiger partial charge is 0.320 e. The number of aliphatic hydroxyl groups is 3. The number of aliphatic carboxylic acids is 1. The third kappa shape index (κ3) is 3.89. The fourth-order valence-electron chi connectivity index (χ4n) is 2.05. The summed E-state index contributed by atoms with van der Waals surface area (Å²) < 4.78 is 5.29. The second-order valence-corrected chi connectivity index (χ2v) is 4.61. The predicted molar refractivity (Wildman–Crippen MR) is 61.8 cm³/mol. The molecule has 0 amide bonds. The lowest BCUT2D eigenvalue weighted by molar-refractivity contribution is -0.138. The van der Waals surface area contributed by atoms with Gasteiger partial charge in [0.1, 0.15) is 24.4 Å². The van der Waals surface area contributed by atoms with Crippen LogP contribution in [0, 0.1) is 0 Å². The van der Waals surface area contributed by atoms with Crippen molar-refractivity contribution in [3.8, 4) is 0 Å². The van der Waals surface area contributed by atoms with Crippen LogP contribution in [0.4, 0.5) is 0 Å². The normalized spacial score (nSPS) is 33.6. The van der Waals surface area contributed by atoms with E-state index in [-0.39, 0.29) is 6.61 Å². The predicted octanol–water partition coefficient (Wildman–Crippen LogP) is -1.56. The first kappa shape index (κ1) is 15.3. The first-order chi connectivity index (χ1) is 8.47. The Balaban J connectivity index is 2.22. The molecular weight excluding hydrogens is 242 g/mol. The van der Waals surface area contributed by atoms with Gasteiger partial charge < -0.3 is 30.9 Å². The van der Waals surface area contributed by atoms with Gasteiger partial charge in [-0.15, -0.1) is 0 Å². The molecule has 0 radical (unpaired) electrons. The first-order valence-corrected chi connectivity index (χ1v) is 6.08. The maximum absolute atomic E-state index is 10.5. The van der Waals surface area contributed by atoms with Gasteiger partial charge in [0.15, 0.2) is 0 Å². The standard InChI is InChI=1S/C11H21NO6/c12-6(11(16)17)3-1-2-4-7-9(14)10(15)8(5-13)18-7/h6-10,13-15H,1-5,12H2,(H,16,17)/t6-,7-,8+,9-,10+/m0/s1. The summed E-state index contributed by atoms with van der Waals surface area (Å²) in [6.45, 7) is -0.335. The minimum atomic E-state index is -1.07. The van der Waals surface area contributed by atoms with Crippen molar-refractivity contribution in [1.82, 2.24) is 0 Å². The molecule has 0 bridgehead atoms. The summed E-state index contributed by atoms with van der Waals surface area (Å²) in [5.41, 5.74) is 5.35. The molecule has 0 aromatic carbocycles. The lowest BCUT2D eigenvalue weighted by Gasteiger charge is -2.14. The second kappa shape index (κ2) is 7.01. The van der Waals surface area contributed by atoms with Crippen LogP contribution < -0.4 is 5.73 Å². The average molecular weight is 263 g/mol. The van der Waals surface area contributed by atoms with Crippen LogP contribution in [0.15, 0.2) is 0 Å². The van der Waals surface area contributed by atoms with Gasteiger partial charge in [-0.25, -0.2) is 0 Å². The number of aliphatic hydroxyl groups excluding tert-OH is 3. The number of carboxylic acid groups (broad SMARTS) is 1. The molecule has 0 spiro atoms. The van der Waals surface area contributed by atoms with E-state index in [4.69, 9.17) is 20.7 Å². The molecule has 0 aliphatic carbocycles. The van der Waals surface area contributed by atoms with E-state index in [9.17, 15) is 15.0 Å². The molecule has 0 aromatic rings. The highest BCUT2D eigenvalue weighted by Gasteiger charge is 2.41. The molecule has 106 valence electrons. The van der Waals surface area contributed by atoms with E-state index in [0.717, 1.165) is 0 Å². The van der Waals surface area contributed by atoms with Gasteiger partial charge in [-0.1, -0.05) is 12.8 Å². The maximum atomic E-state index is 10.5. The highest BCUT2D eigenvalue weighted by molar-refractivity contribution is 5.72. The molecule has 1 aliphatic heterocycles. The number of hydrogen-bond donors (Lipinski definition) is 5. The fourth-order valence-corrected chi connectivity index (χ4v) is 2.05. The minimum absolute atomic E-state index is 0.335. The summed E-state index contributed by atoms with van der Waals surface area (Å²) >= 11 is 0. The summed E-state index contributed by atoms with van der Waals surface area (Å²) in [5.74, 6) is -1.03. The molecule has 18 heavy (non-hydrogen) atoms. The largest absolute Gasteiger partial charge is 0.480 e. The Bertz CT molecular complexity index is 274. The molecule has 0 saturated carbocycles. The molecule has 1 aliphatic rings. The van der Waals surface area contributed by atoms with Crippen LogP contribution in [0.25, 0.3) is 0 Å². The van der Waals surface area contributed by atoms with E-state index >= 15 is 0 Å². The maximum Gasteiger partial charge on any atom is 0.320 e. The van der Waals surface area contributed by atoms with Gasteiger partial charge in [0.25, 0.3) is 0 Å². The van der Waals surface area contributed by atoms with Crippen LogP contribution in [0.3, 0.4) is 0 Å². The van der Waals surface area contributed by atoms with Gasteiger partial charge in [-0.3, -0.25) is 4.79 Å². The SMILES string of the molecule is N[C@@H](CCCC[C@@H]1O[C@H](CO)[C@@H](O)[C@H]1O)C(=O)O. The molecule has 7 nitrogen and oxygen atoms in total. The quantitative estimate of drug-likeness (QED) is 0.351. The van der Waals surface area contributed by atoms with Crippen molar-refractivity contribution in [3.05, 3.63) is 0 Å². The molecule has 1 heterocycles. The topological polar surface area (TPSA) is 133 Å². The Morgan fingerprint density at radius 3 is 2.33 bits per heavy atom. The molecule has 5 atom stereocenters. The molecular formula is C11H21NO6. The number of nitrogens with two attached hydrogens (primary N) is 1. The Morgan fingerprint density at radius 1 is 1.22 bits per heavy atom. The van der Waals surface area contributed by atoms with Crippen molar-refractivity contribution in [2.24, 2.45) is 5.73 Å². The average Bonchev–Trinajstić information content (AvgIpc) is 2.61. The summed E-state index contributed by atoms with van der Waals surface area (Å²) in [6, 6.07) is -0.866. The number of rotatable bonds is 7. The van der Waals surface area contributed by atoms with Crippen molar-refractivity contribution in [2.75, 3.05) is 6.61 Å². The zero-order valence-electron chi connectivity index (χ0n) is 10.1. The van der Waals surface area contributed by atoms with Crippen LogP contribution >= 0.6 is 0 Å². The zero-order valence-corrected chi connectivity index (χ0v) is 10.1. The summed E-state index contributed by atoms with van der Waals surface area (Å²) in [5, 5.41) is 36.6. The second-order valence-electron chi connectivity index (χ2n) is 4.61. The molecule has 1 saturated heterocycles. The lowest BCUT2D eigenvalue weighted by Crippen LogP contribution is -2.33. The Hall–Kier alpha value is -0.730. The first-order valence-electron chi connectivity index (χ1n) is 6.08. The molecule has 6 N–H and O–H groups in total. The summed E-state index contributed by atoms with van der Waals surface area (Å²) in [6.07, 6.45) is -1.21. The Kier molecular flexibility index (Phi) is 5.97. The van der Waals surface area contributed by atoms with E-state index in [1.165, 1.54) is 0 Å². The highest BCUT2D eigenvalue weighted by Crippen LogP contribution is 2.25. The number of ether oxygens (including phenoxy) is 1. The number of carboxylic acids is 1. The van der Waals surface area contributed by atoms with Gasteiger partial charge in [-0.05, 0) is 12.8 Å². The fraction of sp³-hybridized carbons (Fsp3) is 0.909. The van der Waals surface area contributed by atoms with Crippen LogP contribution in [0.1, 0.15) is 25.7 Å². The molecule has 7 heteroatoms. The monoisotopic (exact) mass is 263 g/mol. The van der Waals surface area contributed by atoms with Gasteiger partial charge in [0, 0.05) is 0 Å². The molecule has 1 rings (SSSR count). The molecule has 0 unspecified atom stereocenters. The third-order valence-electron chi connectivity index (χ3n) is 3.21. The Morgan fingerprint density at radius 2 is 1.83 bits per heavy atom.